The van der Waals surface area contributed by atoms with Crippen LogP contribution in [0.5, 0.6) is 0 Å². The molecule has 2 heteroatoms. The van der Waals surface area contributed by atoms with Gasteiger partial charge in [0.2, 0.25) is 0 Å². The van der Waals surface area contributed by atoms with Crippen molar-refractivity contribution in [3.63, 3.8) is 0 Å². The maximum absolute atomic E-state index is 3.95. The topological polar surface area (TPSA) is 12.9 Å². The van der Waals surface area contributed by atoms with Gasteiger partial charge in [-0.25, -0.2) is 0 Å². The van der Waals surface area contributed by atoms with Gasteiger partial charge in [-0.3, -0.25) is 4.98 Å². The number of pyridine rings is 1. The molecule has 0 aliphatic heterocycles. The highest BCUT2D eigenvalue weighted by Gasteiger charge is 1.85. The second kappa shape index (κ2) is 1.99. The Morgan fingerprint density at radius 1 is 1.62 bits per heavy atom. The van der Waals surface area contributed by atoms with E-state index in [2.05, 4.69) is 19.8 Å². The zero-order valence-electron chi connectivity index (χ0n) is 5.18. The maximum Gasteiger partial charge on any atom is 0.141 e. The third-order valence-corrected chi connectivity index (χ3v) is 1.30. The standard InChI is InChI=1S/C6H8BN/c1-5-2-3-8-4-6(5)7/h2-4H,7H2,1H3. The van der Waals surface area contributed by atoms with E-state index in [1.54, 1.807) is 0 Å². The normalized spacial score (nSPS) is 9.12. The summed E-state index contributed by atoms with van der Waals surface area (Å²) in [5, 5.41) is 0. The molecule has 0 fully saturated rings. The van der Waals surface area contributed by atoms with Crippen molar-refractivity contribution in [2.24, 2.45) is 0 Å². The van der Waals surface area contributed by atoms with Crippen LogP contribution in [0, 0.1) is 6.92 Å². The zero-order valence-corrected chi connectivity index (χ0v) is 5.18. The van der Waals surface area contributed by atoms with Crippen LogP contribution in [0.1, 0.15) is 5.56 Å². The van der Waals surface area contributed by atoms with Crippen LogP contribution >= 0.6 is 0 Å². The van der Waals surface area contributed by atoms with Crippen LogP contribution in [0.2, 0.25) is 0 Å². The second-order valence-electron chi connectivity index (χ2n) is 1.96. The fraction of sp³-hybridized carbons (Fsp3) is 0.167. The quantitative estimate of drug-likeness (QED) is 0.411. The van der Waals surface area contributed by atoms with Crippen molar-refractivity contribution < 1.29 is 0 Å². The summed E-state index contributed by atoms with van der Waals surface area (Å²) in [5.41, 5.74) is 2.56. The van der Waals surface area contributed by atoms with Gasteiger partial charge in [-0.15, -0.1) is 0 Å². The van der Waals surface area contributed by atoms with Gasteiger partial charge in [0.25, 0.3) is 0 Å². The monoisotopic (exact) mass is 105 g/mol. The van der Waals surface area contributed by atoms with Gasteiger partial charge < -0.3 is 0 Å². The molecule has 0 aliphatic rings. The van der Waals surface area contributed by atoms with Crippen LogP contribution in [0.3, 0.4) is 0 Å². The lowest BCUT2D eigenvalue weighted by atomic mass is 9.94. The highest BCUT2D eigenvalue weighted by Crippen LogP contribution is 1.85. The average Bonchev–Trinajstić information content (AvgIpc) is 1.77. The molecule has 0 aromatic carbocycles. The van der Waals surface area contributed by atoms with Gasteiger partial charge in [0.05, 0.1) is 0 Å². The molecule has 1 aromatic heterocycles. The van der Waals surface area contributed by atoms with Crippen molar-refractivity contribution in [2.45, 2.75) is 6.92 Å². The minimum atomic E-state index is 1.26. The molecule has 0 radical (unpaired) electrons. The summed E-state index contributed by atoms with van der Waals surface area (Å²) in [7, 11) is 2.06. The SMILES string of the molecule is Bc1cnccc1C. The van der Waals surface area contributed by atoms with Crippen LogP contribution in [0.15, 0.2) is 18.5 Å². The highest BCUT2D eigenvalue weighted by molar-refractivity contribution is 6.33. The van der Waals surface area contributed by atoms with Crippen LogP contribution in [0.25, 0.3) is 0 Å². The number of aryl methyl sites for hydroxylation is 1. The largest absolute Gasteiger partial charge is 0.265 e. The predicted molar refractivity (Wildman–Crippen MR) is 37.2 cm³/mol. The fourth-order valence-electron chi connectivity index (χ4n) is 0.543. The van der Waals surface area contributed by atoms with Gasteiger partial charge in [0.1, 0.15) is 7.85 Å². The van der Waals surface area contributed by atoms with E-state index in [1.807, 2.05) is 18.5 Å². The number of rotatable bonds is 0. The molecule has 1 aromatic rings. The number of hydrogen-bond acceptors (Lipinski definition) is 1. The highest BCUT2D eigenvalue weighted by atomic mass is 14.6. The molecule has 1 heterocycles. The Morgan fingerprint density at radius 3 is 2.75 bits per heavy atom. The van der Waals surface area contributed by atoms with Gasteiger partial charge in [-0.05, 0) is 13.0 Å². The first-order chi connectivity index (χ1) is 3.80. The number of nitrogens with zero attached hydrogens (tertiary/aromatic N) is 1. The number of aromatic nitrogens is 1. The average molecular weight is 105 g/mol. The van der Waals surface area contributed by atoms with Gasteiger partial charge in [0, 0.05) is 12.4 Å². The van der Waals surface area contributed by atoms with Crippen LogP contribution in [-0.2, 0) is 0 Å². The first kappa shape index (κ1) is 5.35. The molecular weight excluding hydrogens is 96.9 g/mol. The van der Waals surface area contributed by atoms with E-state index in [0.717, 1.165) is 0 Å². The molecule has 40 valence electrons. The summed E-state index contributed by atoms with van der Waals surface area (Å²) in [4.78, 5) is 3.95. The zero-order chi connectivity index (χ0) is 5.98. The molecule has 1 rings (SSSR count). The first-order valence-corrected chi connectivity index (χ1v) is 2.68. The Kier molecular flexibility index (Phi) is 1.33. The Labute approximate surface area is 50.2 Å². The summed E-state index contributed by atoms with van der Waals surface area (Å²) in [6.45, 7) is 2.08. The Balaban J connectivity index is 3.13. The molecule has 0 unspecified atom stereocenters. The molecule has 0 atom stereocenters. The molecule has 0 N–H and O–H groups in total. The van der Waals surface area contributed by atoms with E-state index in [1.165, 1.54) is 11.0 Å². The Morgan fingerprint density at radius 2 is 2.38 bits per heavy atom. The van der Waals surface area contributed by atoms with Crippen LogP contribution in [-0.4, -0.2) is 12.8 Å². The molecule has 0 saturated carbocycles. The molecule has 0 bridgehead atoms. The molecule has 0 saturated heterocycles. The molecule has 1 nitrogen and oxygen atoms in total. The van der Waals surface area contributed by atoms with E-state index in [9.17, 15) is 0 Å². The lowest BCUT2D eigenvalue weighted by Crippen LogP contribution is -2.06. The van der Waals surface area contributed by atoms with Gasteiger partial charge in [-0.2, -0.15) is 0 Å². The smallest absolute Gasteiger partial charge is 0.141 e. The predicted octanol–water partition coefficient (Wildman–Crippen LogP) is -0.352. The molecule has 8 heavy (non-hydrogen) atoms. The van der Waals surface area contributed by atoms with E-state index in [4.69, 9.17) is 0 Å². The summed E-state index contributed by atoms with van der Waals surface area (Å²) in [5.74, 6) is 0. The number of hydrogen-bond donors (Lipinski definition) is 0. The Bertz CT molecular complexity index is 165. The molecular formula is C6H8BN. The first-order valence-electron chi connectivity index (χ1n) is 2.68. The third-order valence-electron chi connectivity index (χ3n) is 1.30. The Hall–Kier alpha value is -0.785. The van der Waals surface area contributed by atoms with Gasteiger partial charge >= 0.3 is 0 Å². The van der Waals surface area contributed by atoms with Crippen molar-refractivity contribution in [3.05, 3.63) is 24.0 Å². The molecule has 0 amide bonds. The maximum atomic E-state index is 3.95. The minimum Gasteiger partial charge on any atom is -0.265 e. The third kappa shape index (κ3) is 0.888. The lowest BCUT2D eigenvalue weighted by Gasteiger charge is -1.92. The van der Waals surface area contributed by atoms with E-state index < -0.39 is 0 Å². The van der Waals surface area contributed by atoms with Crippen molar-refractivity contribution in [1.82, 2.24) is 4.98 Å². The second-order valence-corrected chi connectivity index (χ2v) is 1.96. The summed E-state index contributed by atoms with van der Waals surface area (Å²) < 4.78 is 0. The van der Waals surface area contributed by atoms with Gasteiger partial charge in [-0.1, -0.05) is 11.0 Å². The summed E-state index contributed by atoms with van der Waals surface area (Å²) in [6.07, 6.45) is 3.68. The lowest BCUT2D eigenvalue weighted by molar-refractivity contribution is 1.31. The fourth-order valence-corrected chi connectivity index (χ4v) is 0.543. The van der Waals surface area contributed by atoms with Crippen molar-refractivity contribution >= 4 is 13.3 Å². The van der Waals surface area contributed by atoms with Crippen LogP contribution in [0.4, 0.5) is 0 Å². The van der Waals surface area contributed by atoms with Crippen molar-refractivity contribution in [1.29, 1.82) is 0 Å². The van der Waals surface area contributed by atoms with Gasteiger partial charge in [0.15, 0.2) is 0 Å². The van der Waals surface area contributed by atoms with E-state index in [-0.39, 0.29) is 0 Å². The summed E-state index contributed by atoms with van der Waals surface area (Å²) in [6, 6.07) is 2.01. The van der Waals surface area contributed by atoms with E-state index >= 15 is 0 Å². The summed E-state index contributed by atoms with van der Waals surface area (Å²) >= 11 is 0. The van der Waals surface area contributed by atoms with Crippen LogP contribution < -0.4 is 5.46 Å². The van der Waals surface area contributed by atoms with E-state index in [0.29, 0.717) is 0 Å². The minimum absolute atomic E-state index is 1.26. The molecule has 0 spiro atoms. The van der Waals surface area contributed by atoms with Crippen molar-refractivity contribution in [2.75, 3.05) is 0 Å². The molecule has 0 aliphatic carbocycles. The van der Waals surface area contributed by atoms with Crippen molar-refractivity contribution in [3.8, 4) is 0 Å².